The van der Waals surface area contributed by atoms with Crippen LogP contribution < -0.4 is 11.1 Å². The lowest BCUT2D eigenvalue weighted by Gasteiger charge is -2.20. The van der Waals surface area contributed by atoms with Gasteiger partial charge in [-0.2, -0.15) is 0 Å². The summed E-state index contributed by atoms with van der Waals surface area (Å²) >= 11 is 0. The minimum atomic E-state index is -0.968. The number of benzene rings is 1. The van der Waals surface area contributed by atoms with Gasteiger partial charge in [0, 0.05) is 5.69 Å². The van der Waals surface area contributed by atoms with Gasteiger partial charge in [-0.05, 0) is 37.8 Å². The number of carboxylic acid groups (broad SMARTS) is 1. The number of methoxy groups -OCH3 is 1. The van der Waals surface area contributed by atoms with E-state index in [1.54, 1.807) is 0 Å². The molecule has 0 saturated heterocycles. The molecule has 130 valence electrons. The van der Waals surface area contributed by atoms with Crippen LogP contribution in [0.25, 0.3) is 0 Å². The molecule has 0 aliphatic carbocycles. The van der Waals surface area contributed by atoms with Gasteiger partial charge in [-0.1, -0.05) is 31.5 Å². The number of esters is 1. The molecule has 0 heterocycles. The summed E-state index contributed by atoms with van der Waals surface area (Å²) in [7, 11) is 1.41. The minimum absolute atomic E-state index is 0.236. The van der Waals surface area contributed by atoms with Gasteiger partial charge < -0.3 is 20.9 Å². The summed E-state index contributed by atoms with van der Waals surface area (Å²) in [6, 6.07) is 4.02. The van der Waals surface area contributed by atoms with Crippen molar-refractivity contribution in [2.75, 3.05) is 19.0 Å². The fourth-order valence-corrected chi connectivity index (χ4v) is 2.14. The highest BCUT2D eigenvalue weighted by molar-refractivity contribution is 5.79. The topological polar surface area (TPSA) is 102 Å². The van der Waals surface area contributed by atoms with Gasteiger partial charge in [0.2, 0.25) is 0 Å². The Morgan fingerprint density at radius 2 is 1.70 bits per heavy atom. The molecule has 0 radical (unpaired) electrons. The van der Waals surface area contributed by atoms with E-state index in [2.05, 4.69) is 44.0 Å². The number of anilines is 1. The van der Waals surface area contributed by atoms with E-state index in [0.717, 1.165) is 18.5 Å². The van der Waals surface area contributed by atoms with Crippen LogP contribution in [0.3, 0.4) is 0 Å². The molecule has 0 unspecified atom stereocenters. The number of aliphatic carboxylic acids is 1. The number of nitrogens with one attached hydrogen (secondary N) is 1. The van der Waals surface area contributed by atoms with Crippen molar-refractivity contribution in [3.05, 3.63) is 28.8 Å². The number of rotatable bonds is 6. The molecule has 0 saturated carbocycles. The number of hydrogen-bond acceptors (Lipinski definition) is 5. The van der Waals surface area contributed by atoms with E-state index in [9.17, 15) is 9.59 Å². The zero-order valence-electron chi connectivity index (χ0n) is 14.6. The second kappa shape index (κ2) is 10.6. The first-order chi connectivity index (χ1) is 10.8. The smallest absolute Gasteiger partial charge is 0.327 e. The standard InChI is InChI=1S/C15H23NO2.C2H5NO2/c1-6-12-8-10(3)9-13(7-2)14(12)16-11(4)15(17)18-5;3-1-2(4)5/h8-9,11,16H,6-7H2,1-5H3;1,3H2,(H,4,5)/t11-;/m0./s1. The number of carbonyl (C=O) groups is 2. The van der Waals surface area contributed by atoms with Gasteiger partial charge in [-0.3, -0.25) is 4.79 Å². The average Bonchev–Trinajstić information content (AvgIpc) is 2.55. The van der Waals surface area contributed by atoms with Gasteiger partial charge in [-0.15, -0.1) is 0 Å². The van der Waals surface area contributed by atoms with Crippen molar-refractivity contribution < 1.29 is 19.4 Å². The first kappa shape index (κ1) is 20.9. The average molecular weight is 324 g/mol. The summed E-state index contributed by atoms with van der Waals surface area (Å²) in [5.41, 5.74) is 9.43. The second-order valence-corrected chi connectivity index (χ2v) is 5.15. The Labute approximate surface area is 138 Å². The van der Waals surface area contributed by atoms with E-state index in [1.165, 1.54) is 23.8 Å². The van der Waals surface area contributed by atoms with Crippen molar-refractivity contribution in [2.24, 2.45) is 5.73 Å². The van der Waals surface area contributed by atoms with E-state index in [-0.39, 0.29) is 18.6 Å². The van der Waals surface area contributed by atoms with Gasteiger partial charge in [0.25, 0.3) is 0 Å². The van der Waals surface area contributed by atoms with Gasteiger partial charge in [-0.25, -0.2) is 4.79 Å². The van der Waals surface area contributed by atoms with Gasteiger partial charge in [0.1, 0.15) is 6.04 Å². The second-order valence-electron chi connectivity index (χ2n) is 5.15. The third kappa shape index (κ3) is 7.15. The minimum Gasteiger partial charge on any atom is -0.480 e. The lowest BCUT2D eigenvalue weighted by molar-refractivity contribution is -0.141. The van der Waals surface area contributed by atoms with Crippen LogP contribution in [0, 0.1) is 6.92 Å². The Bertz CT molecular complexity index is 504. The molecular formula is C17H28N2O4. The van der Waals surface area contributed by atoms with Crippen molar-refractivity contribution in [1.82, 2.24) is 0 Å². The molecule has 0 aliphatic heterocycles. The Balaban J connectivity index is 0.000000841. The Kier molecular flexibility index (Phi) is 9.65. The zero-order chi connectivity index (χ0) is 18.0. The van der Waals surface area contributed by atoms with Gasteiger partial charge in [0.15, 0.2) is 0 Å². The summed E-state index contributed by atoms with van der Waals surface area (Å²) in [6.45, 7) is 7.90. The van der Waals surface area contributed by atoms with Crippen molar-refractivity contribution in [3.8, 4) is 0 Å². The van der Waals surface area contributed by atoms with E-state index >= 15 is 0 Å². The highest BCUT2D eigenvalue weighted by Crippen LogP contribution is 2.25. The van der Waals surface area contributed by atoms with Crippen LogP contribution in [0.4, 0.5) is 5.69 Å². The molecule has 0 spiro atoms. The summed E-state index contributed by atoms with van der Waals surface area (Å²) in [5, 5.41) is 10.9. The SMILES string of the molecule is CCc1cc(C)cc(CC)c1N[C@@H](C)C(=O)OC.NCC(=O)O. The first-order valence-electron chi connectivity index (χ1n) is 7.69. The van der Waals surface area contributed by atoms with Crippen LogP contribution >= 0.6 is 0 Å². The summed E-state index contributed by atoms with van der Waals surface area (Å²) in [6.07, 6.45) is 1.90. The van der Waals surface area contributed by atoms with Crippen molar-refractivity contribution in [3.63, 3.8) is 0 Å². The summed E-state index contributed by atoms with van der Waals surface area (Å²) < 4.78 is 4.75. The quantitative estimate of drug-likeness (QED) is 0.693. The van der Waals surface area contributed by atoms with E-state index in [1.807, 2.05) is 6.92 Å². The largest absolute Gasteiger partial charge is 0.480 e. The van der Waals surface area contributed by atoms with Gasteiger partial charge in [0.05, 0.1) is 13.7 Å². The fraction of sp³-hybridized carbons (Fsp3) is 0.529. The van der Waals surface area contributed by atoms with Crippen molar-refractivity contribution in [1.29, 1.82) is 0 Å². The summed E-state index contributed by atoms with van der Waals surface area (Å²) in [4.78, 5) is 20.7. The Hall–Kier alpha value is -2.08. The number of carbonyl (C=O) groups excluding carboxylic acids is 1. The molecule has 4 N–H and O–H groups in total. The molecule has 1 aromatic carbocycles. The monoisotopic (exact) mass is 324 g/mol. The van der Waals surface area contributed by atoms with E-state index in [4.69, 9.17) is 9.84 Å². The van der Waals surface area contributed by atoms with Crippen molar-refractivity contribution >= 4 is 17.6 Å². The predicted octanol–water partition coefficient (Wildman–Crippen LogP) is 2.12. The third-order valence-corrected chi connectivity index (χ3v) is 3.30. The van der Waals surface area contributed by atoms with Crippen LogP contribution in [0.2, 0.25) is 0 Å². The Morgan fingerprint density at radius 1 is 1.26 bits per heavy atom. The predicted molar refractivity (Wildman–Crippen MR) is 91.7 cm³/mol. The van der Waals surface area contributed by atoms with Crippen LogP contribution in [-0.2, 0) is 27.2 Å². The first-order valence-corrected chi connectivity index (χ1v) is 7.69. The summed E-state index contributed by atoms with van der Waals surface area (Å²) in [5.74, 6) is -1.20. The van der Waals surface area contributed by atoms with E-state index in [0.29, 0.717) is 0 Å². The molecule has 6 heteroatoms. The molecule has 1 rings (SSSR count). The third-order valence-electron chi connectivity index (χ3n) is 3.30. The highest BCUT2D eigenvalue weighted by atomic mass is 16.5. The molecule has 1 aromatic rings. The molecule has 0 aromatic heterocycles. The normalized spacial score (nSPS) is 11.0. The number of hydrogen-bond donors (Lipinski definition) is 3. The molecule has 1 atom stereocenters. The Morgan fingerprint density at radius 3 is 2.00 bits per heavy atom. The maximum Gasteiger partial charge on any atom is 0.327 e. The molecule has 0 fully saturated rings. The molecule has 6 nitrogen and oxygen atoms in total. The van der Waals surface area contributed by atoms with E-state index < -0.39 is 5.97 Å². The highest BCUT2D eigenvalue weighted by Gasteiger charge is 2.16. The van der Waals surface area contributed by atoms with Crippen molar-refractivity contribution in [2.45, 2.75) is 46.6 Å². The lowest BCUT2D eigenvalue weighted by atomic mass is 9.99. The molecular weight excluding hydrogens is 296 g/mol. The van der Waals surface area contributed by atoms with Gasteiger partial charge >= 0.3 is 11.9 Å². The van der Waals surface area contributed by atoms with Crippen LogP contribution in [-0.4, -0.2) is 36.7 Å². The zero-order valence-corrected chi connectivity index (χ0v) is 14.6. The number of carboxylic acids is 1. The molecule has 0 bridgehead atoms. The molecule has 23 heavy (non-hydrogen) atoms. The number of ether oxygens (including phenoxy) is 1. The molecule has 0 amide bonds. The number of aryl methyl sites for hydroxylation is 3. The number of nitrogens with two attached hydrogens (primary N) is 1. The van der Waals surface area contributed by atoms with Crippen LogP contribution in [0.5, 0.6) is 0 Å². The maximum atomic E-state index is 11.5. The van der Waals surface area contributed by atoms with Crippen LogP contribution in [0.1, 0.15) is 37.5 Å². The van der Waals surface area contributed by atoms with Crippen LogP contribution in [0.15, 0.2) is 12.1 Å². The lowest BCUT2D eigenvalue weighted by Crippen LogP contribution is -2.28. The fourth-order valence-electron chi connectivity index (χ4n) is 2.14. The molecule has 0 aliphatic rings. The maximum absolute atomic E-state index is 11.5.